The van der Waals surface area contributed by atoms with Crippen LogP contribution < -0.4 is 15.4 Å². The Bertz CT molecular complexity index is 1110. The van der Waals surface area contributed by atoms with Crippen molar-refractivity contribution in [2.75, 3.05) is 18.4 Å². The molecule has 2 aromatic rings. The number of hydrogen-bond acceptors (Lipinski definition) is 6. The third kappa shape index (κ3) is 6.02. The summed E-state index contributed by atoms with van der Waals surface area (Å²) in [6.45, 7) is 1.27. The van der Waals surface area contributed by atoms with Crippen LogP contribution in [0, 0.1) is 6.92 Å². The highest BCUT2D eigenvalue weighted by Crippen LogP contribution is 2.20. The summed E-state index contributed by atoms with van der Waals surface area (Å²) in [5.41, 5.74) is 0.645. The van der Waals surface area contributed by atoms with Gasteiger partial charge in [-0.1, -0.05) is 23.7 Å². The van der Waals surface area contributed by atoms with Crippen molar-refractivity contribution in [2.24, 2.45) is 0 Å². The van der Waals surface area contributed by atoms with Gasteiger partial charge >= 0.3 is 6.03 Å². The summed E-state index contributed by atoms with van der Waals surface area (Å²) < 4.78 is 28.0. The van der Waals surface area contributed by atoms with Crippen molar-refractivity contribution in [3.8, 4) is 0 Å². The standard InChI is InChI=1S/C20H22ClN5O5S/c1-13-5-6-15(24-18(27)12-26-19(28)11-17(21)25-20(26)29)10-16(13)32(30,31)23-9-7-14-4-2-3-8-22-14/h2-6,8,10,17,23H,7,9,11-12H2,1H3,(H,24,27)(H,25,29). The van der Waals surface area contributed by atoms with Crippen LogP contribution in [0.25, 0.3) is 0 Å². The number of nitrogens with one attached hydrogen (secondary N) is 3. The van der Waals surface area contributed by atoms with Crippen LogP contribution in [0.15, 0.2) is 47.5 Å². The van der Waals surface area contributed by atoms with Crippen LogP contribution in [0.5, 0.6) is 0 Å². The molecule has 1 aromatic heterocycles. The molecule has 3 N–H and O–H groups in total. The van der Waals surface area contributed by atoms with Crippen molar-refractivity contribution < 1.29 is 22.8 Å². The maximum absolute atomic E-state index is 12.8. The van der Waals surface area contributed by atoms with Gasteiger partial charge in [0.15, 0.2) is 0 Å². The molecular formula is C20H22ClN5O5S. The highest BCUT2D eigenvalue weighted by Gasteiger charge is 2.32. The Labute approximate surface area is 190 Å². The van der Waals surface area contributed by atoms with E-state index in [1.807, 2.05) is 6.07 Å². The molecule has 1 aliphatic heterocycles. The minimum absolute atomic E-state index is 0.00750. The molecule has 1 saturated heterocycles. The Kier molecular flexibility index (Phi) is 7.44. The minimum Gasteiger partial charge on any atom is -0.324 e. The van der Waals surface area contributed by atoms with Gasteiger partial charge in [-0.05, 0) is 36.8 Å². The SMILES string of the molecule is Cc1ccc(NC(=O)CN2C(=O)CC(Cl)NC2=O)cc1S(=O)(=O)NCCc1ccccn1. The zero-order valence-corrected chi connectivity index (χ0v) is 18.7. The smallest absolute Gasteiger partial charge is 0.324 e. The molecule has 0 bridgehead atoms. The van der Waals surface area contributed by atoms with Gasteiger partial charge in [0.1, 0.15) is 12.0 Å². The van der Waals surface area contributed by atoms with Gasteiger partial charge in [0.05, 0.1) is 11.3 Å². The largest absolute Gasteiger partial charge is 0.325 e. The molecule has 12 heteroatoms. The summed E-state index contributed by atoms with van der Waals surface area (Å²) in [5.74, 6) is -1.23. The van der Waals surface area contributed by atoms with Crippen molar-refractivity contribution in [3.63, 3.8) is 0 Å². The van der Waals surface area contributed by atoms with E-state index in [4.69, 9.17) is 11.6 Å². The van der Waals surface area contributed by atoms with Crippen LogP contribution in [0.1, 0.15) is 17.7 Å². The highest BCUT2D eigenvalue weighted by molar-refractivity contribution is 7.89. The molecule has 1 unspecified atom stereocenters. The molecule has 170 valence electrons. The Morgan fingerprint density at radius 1 is 1.28 bits per heavy atom. The van der Waals surface area contributed by atoms with Crippen LogP contribution in [0.3, 0.4) is 0 Å². The molecule has 32 heavy (non-hydrogen) atoms. The summed E-state index contributed by atoms with van der Waals surface area (Å²) in [5, 5.41) is 4.87. The number of benzene rings is 1. The summed E-state index contributed by atoms with van der Waals surface area (Å²) in [7, 11) is -3.84. The number of aryl methyl sites for hydroxylation is 1. The Hall–Kier alpha value is -3.02. The summed E-state index contributed by atoms with van der Waals surface area (Å²) in [4.78, 5) is 41.1. The second-order valence-corrected chi connectivity index (χ2v) is 9.36. The Morgan fingerprint density at radius 2 is 2.06 bits per heavy atom. The molecule has 0 radical (unpaired) electrons. The van der Waals surface area contributed by atoms with Crippen molar-refractivity contribution >= 4 is 45.2 Å². The van der Waals surface area contributed by atoms with Crippen LogP contribution in [-0.4, -0.2) is 54.7 Å². The number of anilines is 1. The predicted molar refractivity (Wildman–Crippen MR) is 117 cm³/mol. The van der Waals surface area contributed by atoms with E-state index in [1.54, 1.807) is 31.3 Å². The summed E-state index contributed by atoms with van der Waals surface area (Å²) in [6.07, 6.45) is 1.93. The third-order valence-electron chi connectivity index (χ3n) is 4.64. The van der Waals surface area contributed by atoms with Crippen LogP contribution in [0.2, 0.25) is 0 Å². The lowest BCUT2D eigenvalue weighted by Crippen LogP contribution is -2.54. The van der Waals surface area contributed by atoms with E-state index < -0.39 is 39.9 Å². The topological polar surface area (TPSA) is 138 Å². The van der Waals surface area contributed by atoms with Gasteiger partial charge in [0, 0.05) is 30.5 Å². The zero-order valence-electron chi connectivity index (χ0n) is 17.2. The quantitative estimate of drug-likeness (QED) is 0.386. The molecule has 0 saturated carbocycles. The number of aromatic nitrogens is 1. The second-order valence-electron chi connectivity index (χ2n) is 7.10. The average Bonchev–Trinajstić information content (AvgIpc) is 2.72. The van der Waals surface area contributed by atoms with Gasteiger partial charge in [0.25, 0.3) is 0 Å². The average molecular weight is 480 g/mol. The number of carbonyl (C=O) groups is 3. The van der Waals surface area contributed by atoms with Crippen LogP contribution in [-0.2, 0) is 26.0 Å². The van der Waals surface area contributed by atoms with E-state index >= 15 is 0 Å². The number of pyridine rings is 1. The highest BCUT2D eigenvalue weighted by atomic mass is 35.5. The lowest BCUT2D eigenvalue weighted by atomic mass is 10.2. The molecule has 1 aliphatic rings. The van der Waals surface area contributed by atoms with Crippen molar-refractivity contribution in [1.82, 2.24) is 19.9 Å². The lowest BCUT2D eigenvalue weighted by molar-refractivity contribution is -0.132. The minimum atomic E-state index is -3.84. The number of hydrogen-bond donors (Lipinski definition) is 3. The summed E-state index contributed by atoms with van der Waals surface area (Å²) in [6, 6.07) is 9.05. The Morgan fingerprint density at radius 3 is 2.75 bits per heavy atom. The fourth-order valence-corrected chi connectivity index (χ4v) is 4.57. The molecule has 1 atom stereocenters. The van der Waals surface area contributed by atoms with Gasteiger partial charge in [0.2, 0.25) is 21.8 Å². The molecule has 3 rings (SSSR count). The van der Waals surface area contributed by atoms with Crippen LogP contribution >= 0.6 is 11.6 Å². The normalized spacial score (nSPS) is 16.6. The lowest BCUT2D eigenvalue weighted by Gasteiger charge is -2.27. The molecule has 10 nitrogen and oxygen atoms in total. The van der Waals surface area contributed by atoms with E-state index in [9.17, 15) is 22.8 Å². The first kappa shape index (κ1) is 23.6. The van der Waals surface area contributed by atoms with E-state index in [0.717, 1.165) is 10.6 Å². The van der Waals surface area contributed by atoms with Gasteiger partial charge < -0.3 is 10.6 Å². The number of amides is 4. The van der Waals surface area contributed by atoms with Crippen molar-refractivity contribution in [1.29, 1.82) is 0 Å². The van der Waals surface area contributed by atoms with Gasteiger partial charge in [-0.2, -0.15) is 0 Å². The van der Waals surface area contributed by atoms with Gasteiger partial charge in [-0.15, -0.1) is 0 Å². The number of sulfonamides is 1. The van der Waals surface area contributed by atoms with Crippen molar-refractivity contribution in [3.05, 3.63) is 53.9 Å². The van der Waals surface area contributed by atoms with E-state index in [-0.39, 0.29) is 23.5 Å². The first-order valence-electron chi connectivity index (χ1n) is 9.71. The number of rotatable bonds is 8. The molecule has 0 aliphatic carbocycles. The molecule has 1 aromatic carbocycles. The first-order valence-corrected chi connectivity index (χ1v) is 11.6. The Balaban J connectivity index is 1.64. The second kappa shape index (κ2) is 10.1. The number of alkyl halides is 1. The molecule has 1 fully saturated rings. The van der Waals surface area contributed by atoms with E-state index in [0.29, 0.717) is 12.0 Å². The van der Waals surface area contributed by atoms with Crippen molar-refractivity contribution in [2.45, 2.75) is 30.2 Å². The third-order valence-corrected chi connectivity index (χ3v) is 6.51. The predicted octanol–water partition coefficient (Wildman–Crippen LogP) is 1.36. The molecular weight excluding hydrogens is 458 g/mol. The summed E-state index contributed by atoms with van der Waals surface area (Å²) >= 11 is 5.74. The maximum Gasteiger partial charge on any atom is 0.325 e. The zero-order chi connectivity index (χ0) is 23.3. The van der Waals surface area contributed by atoms with E-state index in [2.05, 4.69) is 20.3 Å². The van der Waals surface area contributed by atoms with E-state index in [1.165, 1.54) is 12.1 Å². The fraction of sp³-hybridized carbons (Fsp3) is 0.300. The number of halogens is 1. The number of urea groups is 1. The first-order chi connectivity index (χ1) is 15.2. The maximum atomic E-state index is 12.8. The molecule has 2 heterocycles. The molecule has 4 amide bonds. The van der Waals surface area contributed by atoms with Crippen LogP contribution in [0.4, 0.5) is 10.5 Å². The fourth-order valence-electron chi connectivity index (χ4n) is 3.05. The molecule has 0 spiro atoms. The number of nitrogens with zero attached hydrogens (tertiary/aromatic N) is 2. The number of imide groups is 1. The van der Waals surface area contributed by atoms with Gasteiger partial charge in [-0.25, -0.2) is 17.9 Å². The monoisotopic (exact) mass is 479 g/mol. The van der Waals surface area contributed by atoms with Gasteiger partial charge in [-0.3, -0.25) is 19.5 Å². The number of carbonyl (C=O) groups excluding carboxylic acids is 3.